The van der Waals surface area contributed by atoms with E-state index in [9.17, 15) is 0 Å². The van der Waals surface area contributed by atoms with Crippen LogP contribution in [0, 0.1) is 6.07 Å². The van der Waals surface area contributed by atoms with E-state index in [2.05, 4.69) is 6.07 Å². The summed E-state index contributed by atoms with van der Waals surface area (Å²) in [5.74, 6) is 0. The zero-order valence-electron chi connectivity index (χ0n) is 5.54. The van der Waals surface area contributed by atoms with Crippen molar-refractivity contribution in [1.29, 1.82) is 0 Å². The monoisotopic (exact) mass is 137 g/mol. The molecule has 1 radical (unpaired) electrons. The number of rotatable bonds is 2. The lowest BCUT2D eigenvalue weighted by atomic mass is 10.1. The molecule has 0 aliphatic heterocycles. The minimum atomic E-state index is 0.00431. The van der Waals surface area contributed by atoms with E-state index in [-0.39, 0.29) is 13.2 Å². The van der Waals surface area contributed by atoms with E-state index >= 15 is 0 Å². The average molecular weight is 137 g/mol. The molecule has 0 aromatic heterocycles. The first kappa shape index (κ1) is 7.25. The largest absolute Gasteiger partial charge is 0.392 e. The lowest BCUT2D eigenvalue weighted by molar-refractivity contribution is 0.275. The zero-order valence-corrected chi connectivity index (χ0v) is 5.54. The highest BCUT2D eigenvalue weighted by Crippen LogP contribution is 2.03. The van der Waals surface area contributed by atoms with Gasteiger partial charge in [0, 0.05) is 0 Å². The van der Waals surface area contributed by atoms with Gasteiger partial charge in [0.1, 0.15) is 0 Å². The van der Waals surface area contributed by atoms with Gasteiger partial charge in [0.25, 0.3) is 0 Å². The molecule has 10 heavy (non-hydrogen) atoms. The molecular weight excluding hydrogens is 128 g/mol. The summed E-state index contributed by atoms with van der Waals surface area (Å²) in [4.78, 5) is 0. The van der Waals surface area contributed by atoms with E-state index in [1.807, 2.05) is 0 Å². The van der Waals surface area contributed by atoms with Gasteiger partial charge in [-0.25, -0.2) is 0 Å². The Kier molecular flexibility index (Phi) is 2.42. The molecular formula is C8H9O2. The van der Waals surface area contributed by atoms with E-state index in [4.69, 9.17) is 10.2 Å². The first-order chi connectivity index (χ1) is 4.86. The van der Waals surface area contributed by atoms with E-state index in [0.717, 1.165) is 11.1 Å². The quantitative estimate of drug-likeness (QED) is 0.622. The standard InChI is InChI=1S/C8H9O2/c9-5-7-2-1-3-8(4-7)6-10/h2-4,9-10H,5-6H2. The predicted molar refractivity (Wildman–Crippen MR) is 37.1 cm³/mol. The van der Waals surface area contributed by atoms with Gasteiger partial charge in [-0.15, -0.1) is 0 Å². The van der Waals surface area contributed by atoms with Gasteiger partial charge >= 0.3 is 0 Å². The molecule has 0 aliphatic carbocycles. The summed E-state index contributed by atoms with van der Waals surface area (Å²) in [6.45, 7) is 0.00861. The van der Waals surface area contributed by atoms with Crippen molar-refractivity contribution in [2.24, 2.45) is 0 Å². The fraction of sp³-hybridized carbons (Fsp3) is 0.250. The van der Waals surface area contributed by atoms with Gasteiger partial charge in [-0.05, 0) is 29.3 Å². The highest BCUT2D eigenvalue weighted by atomic mass is 16.3. The van der Waals surface area contributed by atoms with E-state index in [0.29, 0.717) is 0 Å². The van der Waals surface area contributed by atoms with Crippen LogP contribution >= 0.6 is 0 Å². The molecule has 0 spiro atoms. The van der Waals surface area contributed by atoms with Crippen molar-refractivity contribution in [1.82, 2.24) is 0 Å². The molecule has 0 aliphatic rings. The number of hydrogen-bond acceptors (Lipinski definition) is 2. The molecule has 1 rings (SSSR count). The lowest BCUT2D eigenvalue weighted by Crippen LogP contribution is -1.87. The number of aliphatic hydroxyl groups is 2. The van der Waals surface area contributed by atoms with Gasteiger partial charge in [0.2, 0.25) is 0 Å². The van der Waals surface area contributed by atoms with Crippen LogP contribution in [0.1, 0.15) is 11.1 Å². The molecule has 0 unspecified atom stereocenters. The Balaban J connectivity index is 2.87. The van der Waals surface area contributed by atoms with Crippen molar-refractivity contribution >= 4 is 0 Å². The second-order valence-corrected chi connectivity index (χ2v) is 2.07. The Morgan fingerprint density at radius 3 is 2.00 bits per heavy atom. The second kappa shape index (κ2) is 3.34. The number of hydrogen-bond donors (Lipinski definition) is 2. The Morgan fingerprint density at radius 2 is 1.60 bits per heavy atom. The third kappa shape index (κ3) is 1.56. The molecule has 2 nitrogen and oxygen atoms in total. The Bertz CT molecular complexity index is 189. The molecule has 0 amide bonds. The van der Waals surface area contributed by atoms with Gasteiger partial charge in [0.15, 0.2) is 0 Å². The van der Waals surface area contributed by atoms with Gasteiger partial charge in [-0.1, -0.05) is 6.07 Å². The molecule has 2 N–H and O–H groups in total. The summed E-state index contributed by atoms with van der Waals surface area (Å²) < 4.78 is 0. The van der Waals surface area contributed by atoms with Crippen LogP contribution < -0.4 is 0 Å². The fourth-order valence-corrected chi connectivity index (χ4v) is 0.760. The van der Waals surface area contributed by atoms with E-state index < -0.39 is 0 Å². The maximum atomic E-state index is 8.66. The van der Waals surface area contributed by atoms with Crippen LogP contribution in [0.15, 0.2) is 18.2 Å². The zero-order chi connectivity index (χ0) is 7.40. The maximum Gasteiger partial charge on any atom is 0.0682 e. The highest BCUT2D eigenvalue weighted by molar-refractivity contribution is 5.21. The fourth-order valence-electron chi connectivity index (χ4n) is 0.760. The third-order valence-corrected chi connectivity index (χ3v) is 1.27. The molecule has 0 atom stereocenters. The molecule has 2 heteroatoms. The SMILES string of the molecule is OCc1c[c]cc(CO)c1. The Hall–Kier alpha value is -0.860. The van der Waals surface area contributed by atoms with Crippen LogP contribution in [0.2, 0.25) is 0 Å². The predicted octanol–water partition coefficient (Wildman–Crippen LogP) is 0.471. The van der Waals surface area contributed by atoms with Crippen molar-refractivity contribution in [2.45, 2.75) is 13.2 Å². The summed E-state index contributed by atoms with van der Waals surface area (Å²) in [7, 11) is 0. The third-order valence-electron chi connectivity index (χ3n) is 1.27. The molecule has 0 bridgehead atoms. The molecule has 0 heterocycles. The number of aliphatic hydroxyl groups excluding tert-OH is 2. The van der Waals surface area contributed by atoms with Crippen molar-refractivity contribution in [3.8, 4) is 0 Å². The smallest absolute Gasteiger partial charge is 0.0682 e. The van der Waals surface area contributed by atoms with Crippen LogP contribution in [0.4, 0.5) is 0 Å². The highest BCUT2D eigenvalue weighted by Gasteiger charge is 1.91. The summed E-state index contributed by atoms with van der Waals surface area (Å²) in [6.07, 6.45) is 0. The summed E-state index contributed by atoms with van der Waals surface area (Å²) in [6, 6.07) is 7.95. The second-order valence-electron chi connectivity index (χ2n) is 2.07. The molecule has 0 saturated carbocycles. The molecule has 0 saturated heterocycles. The lowest BCUT2D eigenvalue weighted by Gasteiger charge is -1.97. The molecule has 0 fully saturated rings. The maximum absolute atomic E-state index is 8.66. The van der Waals surface area contributed by atoms with E-state index in [1.165, 1.54) is 0 Å². The molecule has 1 aromatic rings. The van der Waals surface area contributed by atoms with Crippen LogP contribution in [0.5, 0.6) is 0 Å². The Morgan fingerprint density at radius 1 is 1.10 bits per heavy atom. The van der Waals surface area contributed by atoms with Crippen LogP contribution in [0.25, 0.3) is 0 Å². The van der Waals surface area contributed by atoms with Crippen LogP contribution in [-0.2, 0) is 13.2 Å². The van der Waals surface area contributed by atoms with Gasteiger partial charge in [-0.2, -0.15) is 0 Å². The van der Waals surface area contributed by atoms with Gasteiger partial charge in [0.05, 0.1) is 13.2 Å². The first-order valence-corrected chi connectivity index (χ1v) is 3.07. The van der Waals surface area contributed by atoms with Crippen molar-refractivity contribution in [3.05, 3.63) is 35.4 Å². The van der Waals surface area contributed by atoms with Crippen LogP contribution in [0.3, 0.4) is 0 Å². The normalized spacial score (nSPS) is 9.80. The van der Waals surface area contributed by atoms with Crippen LogP contribution in [-0.4, -0.2) is 10.2 Å². The van der Waals surface area contributed by atoms with Gasteiger partial charge < -0.3 is 10.2 Å². The first-order valence-electron chi connectivity index (χ1n) is 3.07. The summed E-state index contributed by atoms with van der Waals surface area (Å²) >= 11 is 0. The summed E-state index contributed by atoms with van der Waals surface area (Å²) in [5.41, 5.74) is 1.57. The van der Waals surface area contributed by atoms with Crippen molar-refractivity contribution < 1.29 is 10.2 Å². The topological polar surface area (TPSA) is 40.5 Å². The summed E-state index contributed by atoms with van der Waals surface area (Å²) in [5, 5.41) is 17.3. The van der Waals surface area contributed by atoms with Crippen molar-refractivity contribution in [2.75, 3.05) is 0 Å². The molecule has 53 valence electrons. The minimum absolute atomic E-state index is 0.00431. The van der Waals surface area contributed by atoms with Gasteiger partial charge in [-0.3, -0.25) is 0 Å². The van der Waals surface area contributed by atoms with E-state index in [1.54, 1.807) is 18.2 Å². The Labute approximate surface area is 59.7 Å². The minimum Gasteiger partial charge on any atom is -0.392 e. The van der Waals surface area contributed by atoms with Crippen molar-refractivity contribution in [3.63, 3.8) is 0 Å². The molecule has 1 aromatic carbocycles. The number of benzene rings is 1. The average Bonchev–Trinajstić information content (AvgIpc) is 2.05.